The van der Waals surface area contributed by atoms with Gasteiger partial charge in [0.2, 0.25) is 0 Å². The van der Waals surface area contributed by atoms with Crippen LogP contribution < -0.4 is 0 Å². The Morgan fingerprint density at radius 2 is 2.04 bits per heavy atom. The van der Waals surface area contributed by atoms with Crippen LogP contribution in [0.5, 0.6) is 0 Å². The van der Waals surface area contributed by atoms with E-state index in [1.165, 1.54) is 11.8 Å². The Kier molecular flexibility index (Phi) is 5.08. The third-order valence-electron chi connectivity index (χ3n) is 4.47. The van der Waals surface area contributed by atoms with Gasteiger partial charge in [0.25, 0.3) is 0 Å². The lowest BCUT2D eigenvalue weighted by molar-refractivity contribution is 0.0995. The van der Waals surface area contributed by atoms with Gasteiger partial charge in [-0.15, -0.1) is 16.8 Å². The molecule has 28 heavy (non-hydrogen) atoms. The summed E-state index contributed by atoms with van der Waals surface area (Å²) in [6.45, 7) is 6.28. The minimum absolute atomic E-state index is 0.0565. The molecule has 0 spiro atoms. The van der Waals surface area contributed by atoms with E-state index in [1.54, 1.807) is 24.7 Å². The van der Waals surface area contributed by atoms with Gasteiger partial charge in [0.05, 0.1) is 5.25 Å². The zero-order chi connectivity index (χ0) is 19.5. The normalized spacial score (nSPS) is 12.2. The number of hydrogen-bond donors (Lipinski definition) is 1. The van der Waals surface area contributed by atoms with Crippen molar-refractivity contribution in [3.05, 3.63) is 73.2 Å². The molecule has 7 heteroatoms. The average Bonchev–Trinajstić information content (AvgIpc) is 3.33. The van der Waals surface area contributed by atoms with Crippen LogP contribution in [0.2, 0.25) is 0 Å². The van der Waals surface area contributed by atoms with E-state index in [0.717, 1.165) is 22.3 Å². The third-order valence-corrected chi connectivity index (χ3v) is 5.55. The van der Waals surface area contributed by atoms with Crippen LogP contribution in [0.25, 0.3) is 22.3 Å². The molecule has 3 heterocycles. The second-order valence-electron chi connectivity index (χ2n) is 6.31. The van der Waals surface area contributed by atoms with Crippen molar-refractivity contribution in [3.63, 3.8) is 0 Å². The number of rotatable bonds is 7. The van der Waals surface area contributed by atoms with Crippen molar-refractivity contribution in [2.75, 3.05) is 0 Å². The molecule has 1 atom stereocenters. The van der Waals surface area contributed by atoms with Gasteiger partial charge in [0.1, 0.15) is 0 Å². The quantitative estimate of drug-likeness (QED) is 0.288. The number of hydrogen-bond acceptors (Lipinski definition) is 5. The van der Waals surface area contributed by atoms with Crippen molar-refractivity contribution in [2.45, 2.75) is 23.9 Å². The Morgan fingerprint density at radius 1 is 1.25 bits per heavy atom. The zero-order valence-electron chi connectivity index (χ0n) is 15.4. The monoisotopic (exact) mass is 389 g/mol. The number of carbonyl (C=O) groups excluding carboxylic acids is 1. The molecule has 0 radical (unpaired) electrons. The van der Waals surface area contributed by atoms with E-state index in [4.69, 9.17) is 0 Å². The predicted octanol–water partition coefficient (Wildman–Crippen LogP) is 4.37. The van der Waals surface area contributed by atoms with Gasteiger partial charge in [-0.25, -0.2) is 0 Å². The third kappa shape index (κ3) is 3.36. The molecule has 0 bridgehead atoms. The summed E-state index contributed by atoms with van der Waals surface area (Å²) in [5.41, 5.74) is 2.57. The van der Waals surface area contributed by atoms with Crippen LogP contribution in [0, 0.1) is 0 Å². The molecule has 6 nitrogen and oxygen atoms in total. The van der Waals surface area contributed by atoms with Gasteiger partial charge >= 0.3 is 0 Å². The lowest BCUT2D eigenvalue weighted by Crippen LogP contribution is -2.14. The SMILES string of the molecule is C=CCn1c(S[C@@H](C)C(=O)c2c[nH]c3ccccc23)nnc1-c1ccncc1. The number of aromatic nitrogens is 5. The van der Waals surface area contributed by atoms with E-state index in [0.29, 0.717) is 17.3 Å². The summed E-state index contributed by atoms with van der Waals surface area (Å²) in [6.07, 6.45) is 7.02. The van der Waals surface area contributed by atoms with Crippen molar-refractivity contribution >= 4 is 28.4 Å². The number of allylic oxidation sites excluding steroid dienone is 1. The molecule has 1 aromatic carbocycles. The number of aromatic amines is 1. The topological polar surface area (TPSA) is 76.5 Å². The first-order chi connectivity index (χ1) is 13.7. The van der Waals surface area contributed by atoms with Crippen molar-refractivity contribution in [2.24, 2.45) is 0 Å². The maximum Gasteiger partial charge on any atom is 0.192 e. The van der Waals surface area contributed by atoms with Gasteiger partial charge in [0.15, 0.2) is 16.8 Å². The molecule has 3 aromatic heterocycles. The van der Waals surface area contributed by atoms with Crippen LogP contribution in [0.3, 0.4) is 0 Å². The molecule has 0 unspecified atom stereocenters. The molecular weight excluding hydrogens is 370 g/mol. The number of ketones is 1. The fourth-order valence-corrected chi connectivity index (χ4v) is 4.02. The zero-order valence-corrected chi connectivity index (χ0v) is 16.2. The van der Waals surface area contributed by atoms with Gasteiger partial charge < -0.3 is 4.98 Å². The van der Waals surface area contributed by atoms with Crippen molar-refractivity contribution in [1.29, 1.82) is 0 Å². The summed E-state index contributed by atoms with van der Waals surface area (Å²) >= 11 is 1.40. The average molecular weight is 389 g/mol. The second-order valence-corrected chi connectivity index (χ2v) is 7.62. The second kappa shape index (κ2) is 7.82. The molecule has 0 aliphatic carbocycles. The van der Waals surface area contributed by atoms with Crippen LogP contribution in [-0.2, 0) is 6.54 Å². The summed E-state index contributed by atoms with van der Waals surface area (Å²) in [6, 6.07) is 11.6. The minimum atomic E-state index is -0.308. The first-order valence-electron chi connectivity index (χ1n) is 8.90. The number of fused-ring (bicyclic) bond motifs is 1. The summed E-state index contributed by atoms with van der Waals surface area (Å²) in [5.74, 6) is 0.789. The lowest BCUT2D eigenvalue weighted by atomic mass is 10.1. The number of pyridine rings is 1. The molecule has 140 valence electrons. The molecule has 0 aliphatic heterocycles. The van der Waals surface area contributed by atoms with Gasteiger partial charge in [-0.3, -0.25) is 14.3 Å². The Bertz CT molecular complexity index is 1130. The highest BCUT2D eigenvalue weighted by Crippen LogP contribution is 2.29. The minimum Gasteiger partial charge on any atom is -0.360 e. The van der Waals surface area contributed by atoms with Crippen molar-refractivity contribution in [1.82, 2.24) is 24.7 Å². The Labute approximate surface area is 166 Å². The summed E-state index contributed by atoms with van der Waals surface area (Å²) in [4.78, 5) is 20.3. The number of H-pyrrole nitrogens is 1. The van der Waals surface area contributed by atoms with E-state index in [2.05, 4.69) is 26.7 Å². The van der Waals surface area contributed by atoms with E-state index in [1.807, 2.05) is 47.9 Å². The first-order valence-corrected chi connectivity index (χ1v) is 9.78. The predicted molar refractivity (Wildman–Crippen MR) is 111 cm³/mol. The van der Waals surface area contributed by atoms with E-state index in [-0.39, 0.29) is 11.0 Å². The van der Waals surface area contributed by atoms with Crippen molar-refractivity contribution < 1.29 is 4.79 Å². The molecule has 4 aromatic rings. The van der Waals surface area contributed by atoms with Crippen LogP contribution in [0.4, 0.5) is 0 Å². The van der Waals surface area contributed by atoms with Crippen LogP contribution >= 0.6 is 11.8 Å². The van der Waals surface area contributed by atoms with E-state index in [9.17, 15) is 4.79 Å². The Balaban J connectivity index is 1.62. The van der Waals surface area contributed by atoms with Gasteiger partial charge in [-0.2, -0.15) is 0 Å². The summed E-state index contributed by atoms with van der Waals surface area (Å²) in [7, 11) is 0. The first kappa shape index (κ1) is 18.2. The van der Waals surface area contributed by atoms with Crippen LogP contribution in [0.1, 0.15) is 17.3 Å². The number of nitrogens with one attached hydrogen (secondary N) is 1. The summed E-state index contributed by atoms with van der Waals surface area (Å²) < 4.78 is 1.96. The Morgan fingerprint density at radius 3 is 2.82 bits per heavy atom. The van der Waals surface area contributed by atoms with Crippen LogP contribution in [-0.4, -0.2) is 35.8 Å². The Hall–Kier alpha value is -3.19. The number of thioether (sulfide) groups is 1. The molecule has 0 amide bonds. The van der Waals surface area contributed by atoms with E-state index < -0.39 is 0 Å². The van der Waals surface area contributed by atoms with Crippen LogP contribution in [0.15, 0.2) is 72.8 Å². The largest absolute Gasteiger partial charge is 0.360 e. The molecule has 1 N–H and O–H groups in total. The standard InChI is InChI=1S/C21H19N5OS/c1-3-12-26-20(15-8-10-22-11-9-15)24-25-21(26)28-14(2)19(27)17-13-23-18-7-5-4-6-16(17)18/h3-11,13-14,23H,1,12H2,2H3/t14-/m0/s1. The number of para-hydroxylation sites is 1. The fraction of sp³-hybridized carbons (Fsp3) is 0.143. The van der Waals surface area contributed by atoms with Gasteiger partial charge in [0, 0.05) is 47.2 Å². The van der Waals surface area contributed by atoms with E-state index >= 15 is 0 Å². The highest BCUT2D eigenvalue weighted by molar-refractivity contribution is 8.00. The maximum absolute atomic E-state index is 13.0. The molecule has 0 saturated heterocycles. The smallest absolute Gasteiger partial charge is 0.192 e. The molecule has 4 rings (SSSR count). The molecule has 0 aliphatic rings. The summed E-state index contributed by atoms with van der Waals surface area (Å²) in [5, 5.41) is 9.97. The molecule has 0 saturated carbocycles. The number of Topliss-reactive ketones (excluding diaryl/α,β-unsaturated/α-hetero) is 1. The number of benzene rings is 1. The highest BCUT2D eigenvalue weighted by atomic mass is 32.2. The highest BCUT2D eigenvalue weighted by Gasteiger charge is 2.23. The van der Waals surface area contributed by atoms with Gasteiger partial charge in [-0.05, 0) is 25.1 Å². The number of carbonyl (C=O) groups is 1. The number of nitrogens with zero attached hydrogens (tertiary/aromatic N) is 4. The van der Waals surface area contributed by atoms with Crippen molar-refractivity contribution in [3.8, 4) is 11.4 Å². The van der Waals surface area contributed by atoms with Gasteiger partial charge in [-0.1, -0.05) is 36.0 Å². The molecule has 0 fully saturated rings. The lowest BCUT2D eigenvalue weighted by Gasteiger charge is -2.11. The fourth-order valence-electron chi connectivity index (χ4n) is 3.09. The molecular formula is C21H19N5OS. The maximum atomic E-state index is 13.0.